The summed E-state index contributed by atoms with van der Waals surface area (Å²) in [5.74, 6) is -0.119. The molecule has 6 heteroatoms. The molecule has 0 aliphatic heterocycles. The van der Waals surface area contributed by atoms with Gasteiger partial charge in [0.15, 0.2) is 0 Å². The molecule has 4 nitrogen and oxygen atoms in total. The molecule has 0 aliphatic carbocycles. The summed E-state index contributed by atoms with van der Waals surface area (Å²) < 4.78 is 19.2. The van der Waals surface area contributed by atoms with Crippen molar-refractivity contribution in [2.75, 3.05) is 7.11 Å². The Morgan fingerprint density at radius 3 is 3.00 bits per heavy atom. The number of nitrogens with zero attached hydrogens (tertiary/aromatic N) is 2. The van der Waals surface area contributed by atoms with Gasteiger partial charge in [0.25, 0.3) is 0 Å². The molecule has 1 aromatic heterocycles. The Morgan fingerprint density at radius 2 is 2.35 bits per heavy atom. The van der Waals surface area contributed by atoms with E-state index in [4.69, 9.17) is 11.6 Å². The molecule has 1 aromatic carbocycles. The van der Waals surface area contributed by atoms with E-state index in [0.29, 0.717) is 16.9 Å². The highest BCUT2D eigenvalue weighted by atomic mass is 35.5. The fourth-order valence-electron chi connectivity index (χ4n) is 1.62. The van der Waals surface area contributed by atoms with Crippen molar-refractivity contribution in [3.63, 3.8) is 0 Å². The number of aromatic nitrogens is 2. The summed E-state index contributed by atoms with van der Waals surface area (Å²) in [7, 11) is 1.31. The molecule has 0 saturated carbocycles. The smallest absolute Gasteiger partial charge is 0.325 e. The largest absolute Gasteiger partial charge is 0.468 e. The number of ether oxygens (including phenoxy) is 1. The van der Waals surface area contributed by atoms with Crippen molar-refractivity contribution < 1.29 is 13.9 Å². The normalized spacial score (nSPS) is 10.8. The molecule has 0 atom stereocenters. The lowest BCUT2D eigenvalue weighted by Crippen LogP contribution is -2.13. The first-order valence-electron chi connectivity index (χ1n) is 4.93. The molecule has 2 aromatic rings. The van der Waals surface area contributed by atoms with Gasteiger partial charge in [-0.2, -0.15) is 0 Å². The standard InChI is InChI=1S/C11H10ClFN2O2/c1-17-11(16)6-15-9-3-2-7(13)4-8(9)14-10(15)5-12/h2-4H,5-6H2,1H3. The van der Waals surface area contributed by atoms with Gasteiger partial charge < -0.3 is 9.30 Å². The molecule has 0 bridgehead atoms. The first-order chi connectivity index (χ1) is 8.15. The van der Waals surface area contributed by atoms with Crippen LogP contribution in [0, 0.1) is 5.82 Å². The maximum Gasteiger partial charge on any atom is 0.325 e. The number of carbonyl (C=O) groups is 1. The SMILES string of the molecule is COC(=O)Cn1c(CCl)nc2cc(F)ccc21. The minimum Gasteiger partial charge on any atom is -0.468 e. The van der Waals surface area contributed by atoms with Gasteiger partial charge in [0.05, 0.1) is 24.0 Å². The number of hydrogen-bond acceptors (Lipinski definition) is 3. The molecule has 0 amide bonds. The summed E-state index contributed by atoms with van der Waals surface area (Å²) in [5, 5.41) is 0. The fourth-order valence-corrected chi connectivity index (χ4v) is 1.83. The number of esters is 1. The van der Waals surface area contributed by atoms with Crippen molar-refractivity contribution in [3.8, 4) is 0 Å². The number of methoxy groups -OCH3 is 1. The average Bonchev–Trinajstić information content (AvgIpc) is 2.66. The van der Waals surface area contributed by atoms with Gasteiger partial charge in [-0.05, 0) is 12.1 Å². The van der Waals surface area contributed by atoms with Crippen LogP contribution in [0.4, 0.5) is 4.39 Å². The third-order valence-electron chi connectivity index (χ3n) is 2.42. The predicted octanol–water partition coefficient (Wildman–Crippen LogP) is 2.09. The van der Waals surface area contributed by atoms with E-state index in [0.717, 1.165) is 0 Å². The zero-order chi connectivity index (χ0) is 12.4. The van der Waals surface area contributed by atoms with Crippen LogP contribution in [-0.2, 0) is 22.0 Å². The number of benzene rings is 1. The average molecular weight is 257 g/mol. The van der Waals surface area contributed by atoms with Crippen molar-refractivity contribution in [2.45, 2.75) is 12.4 Å². The lowest BCUT2D eigenvalue weighted by Gasteiger charge is -2.05. The van der Waals surface area contributed by atoms with E-state index >= 15 is 0 Å². The van der Waals surface area contributed by atoms with Gasteiger partial charge in [0, 0.05) is 6.07 Å². The molecule has 0 N–H and O–H groups in total. The van der Waals surface area contributed by atoms with Gasteiger partial charge in [0.1, 0.15) is 18.2 Å². The van der Waals surface area contributed by atoms with Crippen LogP contribution >= 0.6 is 11.6 Å². The highest BCUT2D eigenvalue weighted by molar-refractivity contribution is 6.16. The third-order valence-corrected chi connectivity index (χ3v) is 2.66. The van der Waals surface area contributed by atoms with Crippen LogP contribution in [0.2, 0.25) is 0 Å². The first-order valence-corrected chi connectivity index (χ1v) is 5.46. The molecule has 0 radical (unpaired) electrons. The van der Waals surface area contributed by atoms with Crippen LogP contribution in [0.1, 0.15) is 5.82 Å². The monoisotopic (exact) mass is 256 g/mol. The number of hydrogen-bond donors (Lipinski definition) is 0. The molecule has 2 rings (SSSR count). The van der Waals surface area contributed by atoms with E-state index in [1.807, 2.05) is 0 Å². The third kappa shape index (κ3) is 2.24. The van der Waals surface area contributed by atoms with Crippen molar-refractivity contribution in [3.05, 3.63) is 29.8 Å². The number of alkyl halides is 1. The van der Waals surface area contributed by atoms with Gasteiger partial charge in [-0.25, -0.2) is 9.37 Å². The summed E-state index contributed by atoms with van der Waals surface area (Å²) in [4.78, 5) is 15.4. The summed E-state index contributed by atoms with van der Waals surface area (Å²) in [6.45, 7) is 0.0146. The number of imidazole rings is 1. The van der Waals surface area contributed by atoms with Crippen LogP contribution in [0.25, 0.3) is 11.0 Å². The molecule has 90 valence electrons. The lowest BCUT2D eigenvalue weighted by molar-refractivity contribution is -0.141. The van der Waals surface area contributed by atoms with Gasteiger partial charge in [0.2, 0.25) is 0 Å². The second-order valence-corrected chi connectivity index (χ2v) is 3.72. The van der Waals surface area contributed by atoms with Crippen LogP contribution in [-0.4, -0.2) is 22.6 Å². The van der Waals surface area contributed by atoms with Gasteiger partial charge >= 0.3 is 5.97 Å². The Kier molecular flexibility index (Phi) is 3.28. The molecule has 0 spiro atoms. The number of rotatable bonds is 3. The highest BCUT2D eigenvalue weighted by Gasteiger charge is 2.13. The maximum absolute atomic E-state index is 13.0. The van der Waals surface area contributed by atoms with Gasteiger partial charge in [-0.15, -0.1) is 11.6 Å². The molecular formula is C11H10ClFN2O2. The predicted molar refractivity (Wildman–Crippen MR) is 61.3 cm³/mol. The Balaban J connectivity index is 2.54. The number of carbonyl (C=O) groups excluding carboxylic acids is 1. The van der Waals surface area contributed by atoms with E-state index in [-0.39, 0.29) is 18.2 Å². The number of halogens is 2. The topological polar surface area (TPSA) is 44.1 Å². The fraction of sp³-hybridized carbons (Fsp3) is 0.273. The molecule has 17 heavy (non-hydrogen) atoms. The Hall–Kier alpha value is -1.62. The van der Waals surface area contributed by atoms with Crippen molar-refractivity contribution in [2.24, 2.45) is 0 Å². The summed E-state index contributed by atoms with van der Waals surface area (Å²) in [5.41, 5.74) is 1.14. The molecule has 0 aliphatic rings. The minimum atomic E-state index is -0.403. The van der Waals surface area contributed by atoms with Gasteiger partial charge in [-0.1, -0.05) is 0 Å². The maximum atomic E-state index is 13.0. The molecular weight excluding hydrogens is 247 g/mol. The molecule has 1 heterocycles. The second kappa shape index (κ2) is 4.71. The summed E-state index contributed by atoms with van der Waals surface area (Å²) in [6.07, 6.45) is 0. The zero-order valence-electron chi connectivity index (χ0n) is 9.11. The second-order valence-electron chi connectivity index (χ2n) is 3.46. The van der Waals surface area contributed by atoms with E-state index in [2.05, 4.69) is 9.72 Å². The van der Waals surface area contributed by atoms with Crippen molar-refractivity contribution >= 4 is 28.6 Å². The van der Waals surface area contributed by atoms with Crippen molar-refractivity contribution in [1.82, 2.24) is 9.55 Å². The van der Waals surface area contributed by atoms with E-state index in [1.165, 1.54) is 19.2 Å². The van der Waals surface area contributed by atoms with E-state index < -0.39 is 5.97 Å². The van der Waals surface area contributed by atoms with Crippen LogP contribution in [0.3, 0.4) is 0 Å². The summed E-state index contributed by atoms with van der Waals surface area (Å²) in [6, 6.07) is 4.19. The van der Waals surface area contributed by atoms with Crippen LogP contribution in [0.15, 0.2) is 18.2 Å². The van der Waals surface area contributed by atoms with Crippen LogP contribution in [0.5, 0.6) is 0 Å². The molecule has 0 saturated heterocycles. The molecule has 0 fully saturated rings. The van der Waals surface area contributed by atoms with Crippen LogP contribution < -0.4 is 0 Å². The van der Waals surface area contributed by atoms with E-state index in [9.17, 15) is 9.18 Å². The lowest BCUT2D eigenvalue weighted by atomic mass is 10.3. The minimum absolute atomic E-state index is 0.0146. The Morgan fingerprint density at radius 1 is 1.59 bits per heavy atom. The van der Waals surface area contributed by atoms with Crippen molar-refractivity contribution in [1.29, 1.82) is 0 Å². The van der Waals surface area contributed by atoms with E-state index in [1.54, 1.807) is 10.6 Å². The number of fused-ring (bicyclic) bond motifs is 1. The highest BCUT2D eigenvalue weighted by Crippen LogP contribution is 2.18. The zero-order valence-corrected chi connectivity index (χ0v) is 9.87. The summed E-state index contributed by atoms with van der Waals surface area (Å²) >= 11 is 5.74. The van der Waals surface area contributed by atoms with Gasteiger partial charge in [-0.3, -0.25) is 4.79 Å². The Bertz CT molecular complexity index is 568. The quantitative estimate of drug-likeness (QED) is 0.624. The Labute approximate surface area is 102 Å². The molecule has 0 unspecified atom stereocenters. The first kappa shape index (κ1) is 11.9.